The Morgan fingerprint density at radius 3 is 2.55 bits per heavy atom. The topological polar surface area (TPSA) is 46.2 Å². The predicted octanol–water partition coefficient (Wildman–Crippen LogP) is 2.34. The Morgan fingerprint density at radius 1 is 1.35 bits per heavy atom. The van der Waals surface area contributed by atoms with Crippen LogP contribution in [-0.2, 0) is 17.0 Å². The molecule has 0 saturated heterocycles. The highest BCUT2D eigenvalue weighted by Gasteiger charge is 2.35. The molecule has 1 rings (SSSR count). The van der Waals surface area contributed by atoms with Crippen molar-refractivity contribution >= 4 is 16.7 Å². The number of rotatable bonds is 5. The van der Waals surface area contributed by atoms with Crippen LogP contribution >= 0.6 is 0 Å². The highest BCUT2D eigenvalue weighted by atomic mass is 32.2. The molecular weight excluding hydrogens is 298 g/mol. The molecule has 0 spiro atoms. The first-order valence-electron chi connectivity index (χ1n) is 5.76. The molecule has 0 aliphatic carbocycles. The maximum Gasteiger partial charge on any atom is 0.419 e. The van der Waals surface area contributed by atoms with Gasteiger partial charge in [0.25, 0.3) is 5.91 Å². The van der Waals surface area contributed by atoms with Gasteiger partial charge in [0.1, 0.15) is 5.82 Å². The van der Waals surface area contributed by atoms with E-state index in [9.17, 15) is 26.6 Å². The fraction of sp³-hybridized carbons (Fsp3) is 0.417. The van der Waals surface area contributed by atoms with Crippen LogP contribution in [0.15, 0.2) is 18.2 Å². The van der Waals surface area contributed by atoms with Gasteiger partial charge < -0.3 is 5.32 Å². The third kappa shape index (κ3) is 4.29. The average Bonchev–Trinajstić information content (AvgIpc) is 2.37. The van der Waals surface area contributed by atoms with E-state index in [0.29, 0.717) is 11.8 Å². The second-order valence-corrected chi connectivity index (χ2v) is 5.72. The number of carbonyl (C=O) groups is 1. The van der Waals surface area contributed by atoms with Crippen LogP contribution in [0.1, 0.15) is 22.8 Å². The Kier molecular flexibility index (Phi) is 5.67. The van der Waals surface area contributed by atoms with E-state index in [2.05, 4.69) is 5.32 Å². The van der Waals surface area contributed by atoms with E-state index >= 15 is 0 Å². The summed E-state index contributed by atoms with van der Waals surface area (Å²) >= 11 is 0. The fourth-order valence-electron chi connectivity index (χ4n) is 1.44. The Bertz CT molecular complexity index is 517. The van der Waals surface area contributed by atoms with Gasteiger partial charge in [-0.05, 0) is 12.1 Å². The largest absolute Gasteiger partial charge is 0.419 e. The molecule has 0 saturated carbocycles. The van der Waals surface area contributed by atoms with Gasteiger partial charge in [0, 0.05) is 28.9 Å². The lowest BCUT2D eigenvalue weighted by atomic mass is 10.1. The molecule has 1 atom stereocenters. The van der Waals surface area contributed by atoms with Gasteiger partial charge in [0.05, 0.1) is 11.1 Å². The molecule has 1 aromatic rings. The highest BCUT2D eigenvalue weighted by molar-refractivity contribution is 7.84. The molecule has 1 unspecified atom stereocenters. The van der Waals surface area contributed by atoms with Gasteiger partial charge in [-0.15, -0.1) is 0 Å². The molecule has 0 aliphatic rings. The SMILES string of the molecule is CCS(=O)CCNC(=O)c1cccc(C(F)(F)F)c1F. The number of halogens is 4. The fourth-order valence-corrected chi connectivity index (χ4v) is 2.06. The van der Waals surface area contributed by atoms with Crippen molar-refractivity contribution < 1.29 is 26.6 Å². The lowest BCUT2D eigenvalue weighted by Crippen LogP contribution is -2.29. The van der Waals surface area contributed by atoms with E-state index in [1.807, 2.05) is 0 Å². The zero-order valence-corrected chi connectivity index (χ0v) is 11.4. The van der Waals surface area contributed by atoms with Gasteiger partial charge in [0.15, 0.2) is 0 Å². The van der Waals surface area contributed by atoms with Crippen molar-refractivity contribution in [3.05, 3.63) is 35.1 Å². The third-order valence-electron chi connectivity index (χ3n) is 2.49. The molecule has 1 amide bonds. The minimum atomic E-state index is -4.86. The van der Waals surface area contributed by atoms with E-state index in [1.54, 1.807) is 6.92 Å². The molecule has 0 aliphatic heterocycles. The van der Waals surface area contributed by atoms with Gasteiger partial charge in [-0.25, -0.2) is 4.39 Å². The summed E-state index contributed by atoms with van der Waals surface area (Å²) in [4.78, 5) is 11.6. The molecule has 20 heavy (non-hydrogen) atoms. The van der Waals surface area contributed by atoms with Crippen molar-refractivity contribution in [3.8, 4) is 0 Å². The van der Waals surface area contributed by atoms with Crippen LogP contribution in [0.4, 0.5) is 17.6 Å². The zero-order valence-electron chi connectivity index (χ0n) is 10.6. The lowest BCUT2D eigenvalue weighted by molar-refractivity contribution is -0.140. The van der Waals surface area contributed by atoms with Crippen LogP contribution in [0.3, 0.4) is 0 Å². The van der Waals surface area contributed by atoms with Crippen molar-refractivity contribution in [1.82, 2.24) is 5.32 Å². The van der Waals surface area contributed by atoms with Crippen LogP contribution in [0.2, 0.25) is 0 Å². The molecular formula is C12H13F4NO2S. The summed E-state index contributed by atoms with van der Waals surface area (Å²) in [6.07, 6.45) is -4.86. The maximum absolute atomic E-state index is 13.6. The first kappa shape index (κ1) is 16.6. The van der Waals surface area contributed by atoms with Crippen LogP contribution in [0.5, 0.6) is 0 Å². The van der Waals surface area contributed by atoms with Crippen LogP contribution < -0.4 is 5.32 Å². The van der Waals surface area contributed by atoms with Crippen molar-refractivity contribution in [2.45, 2.75) is 13.1 Å². The van der Waals surface area contributed by atoms with Crippen molar-refractivity contribution in [2.24, 2.45) is 0 Å². The normalized spacial score (nSPS) is 13.1. The lowest BCUT2D eigenvalue weighted by Gasteiger charge is -2.11. The summed E-state index contributed by atoms with van der Waals surface area (Å²) in [6.45, 7) is 1.71. The zero-order chi connectivity index (χ0) is 15.3. The molecule has 1 aromatic carbocycles. The van der Waals surface area contributed by atoms with E-state index < -0.39 is 39.8 Å². The number of nitrogens with one attached hydrogen (secondary N) is 1. The number of alkyl halides is 3. The third-order valence-corrected chi connectivity index (χ3v) is 3.79. The number of hydrogen-bond acceptors (Lipinski definition) is 2. The van der Waals surface area contributed by atoms with Crippen molar-refractivity contribution in [2.75, 3.05) is 18.1 Å². The van der Waals surface area contributed by atoms with Crippen LogP contribution in [0.25, 0.3) is 0 Å². The highest BCUT2D eigenvalue weighted by Crippen LogP contribution is 2.32. The summed E-state index contributed by atoms with van der Waals surface area (Å²) in [5.74, 6) is -1.98. The summed E-state index contributed by atoms with van der Waals surface area (Å²) in [5.41, 5.74) is -2.16. The van der Waals surface area contributed by atoms with Gasteiger partial charge in [0.2, 0.25) is 0 Å². The Balaban J connectivity index is 2.82. The van der Waals surface area contributed by atoms with E-state index in [1.165, 1.54) is 0 Å². The predicted molar refractivity (Wildman–Crippen MR) is 67.3 cm³/mol. The summed E-state index contributed by atoms with van der Waals surface area (Å²) in [7, 11) is -1.11. The summed E-state index contributed by atoms with van der Waals surface area (Å²) < 4.78 is 62.2. The smallest absolute Gasteiger partial charge is 0.351 e. The molecule has 8 heteroatoms. The number of benzene rings is 1. The molecule has 0 bridgehead atoms. The minimum absolute atomic E-state index is 0.00890. The first-order chi connectivity index (χ1) is 9.27. The Hall–Kier alpha value is -1.44. The number of hydrogen-bond donors (Lipinski definition) is 1. The van der Waals surface area contributed by atoms with Crippen LogP contribution in [-0.4, -0.2) is 28.2 Å². The summed E-state index contributed by atoms with van der Waals surface area (Å²) in [5, 5.41) is 2.24. The quantitative estimate of drug-likeness (QED) is 0.849. The van der Waals surface area contributed by atoms with E-state index in [4.69, 9.17) is 0 Å². The van der Waals surface area contributed by atoms with Gasteiger partial charge >= 0.3 is 6.18 Å². The average molecular weight is 311 g/mol. The Morgan fingerprint density at radius 2 is 2.00 bits per heavy atom. The van der Waals surface area contributed by atoms with Crippen LogP contribution in [0, 0.1) is 5.82 Å². The monoisotopic (exact) mass is 311 g/mol. The Labute approximate surface area is 115 Å². The van der Waals surface area contributed by atoms with Gasteiger partial charge in [-0.2, -0.15) is 13.2 Å². The van der Waals surface area contributed by atoms with Crippen molar-refractivity contribution in [3.63, 3.8) is 0 Å². The second kappa shape index (κ2) is 6.83. The molecule has 0 aromatic heterocycles. The molecule has 1 N–H and O–H groups in total. The standard InChI is InChI=1S/C12H13F4NO2S/c1-2-20(19)7-6-17-11(18)8-4-3-5-9(10(8)13)12(14,15)16/h3-5H,2,6-7H2,1H3,(H,17,18). The van der Waals surface area contributed by atoms with E-state index in [0.717, 1.165) is 12.1 Å². The summed E-state index contributed by atoms with van der Waals surface area (Å²) in [6, 6.07) is 2.50. The van der Waals surface area contributed by atoms with E-state index in [-0.39, 0.29) is 12.3 Å². The molecule has 112 valence electrons. The second-order valence-electron chi connectivity index (χ2n) is 3.85. The van der Waals surface area contributed by atoms with Crippen molar-refractivity contribution in [1.29, 1.82) is 0 Å². The van der Waals surface area contributed by atoms with Gasteiger partial charge in [-0.3, -0.25) is 9.00 Å². The molecule has 0 heterocycles. The molecule has 0 radical (unpaired) electrons. The van der Waals surface area contributed by atoms with Gasteiger partial charge in [-0.1, -0.05) is 13.0 Å². The molecule has 0 fully saturated rings. The minimum Gasteiger partial charge on any atom is -0.351 e. The maximum atomic E-state index is 13.6. The first-order valence-corrected chi connectivity index (χ1v) is 7.25. The molecule has 3 nitrogen and oxygen atoms in total. The number of amides is 1. The number of carbonyl (C=O) groups excluding carboxylic acids is 1.